The van der Waals surface area contributed by atoms with Gasteiger partial charge in [-0.15, -0.1) is 11.3 Å². The predicted octanol–water partition coefficient (Wildman–Crippen LogP) is 1.96. The SMILES string of the molecule is CCc1sc(NC(=O)CCC2NC(=O)c3ccccc3NC2=O)nc1C(=O)OC. The molecule has 0 radical (unpaired) electrons. The zero-order chi connectivity index (χ0) is 21.0. The number of ether oxygens (including phenoxy) is 1. The van der Waals surface area contributed by atoms with Gasteiger partial charge in [-0.05, 0) is 25.0 Å². The quantitative estimate of drug-likeness (QED) is 0.618. The Labute approximate surface area is 170 Å². The Morgan fingerprint density at radius 1 is 1.28 bits per heavy atom. The first-order valence-corrected chi connectivity index (χ1v) is 9.83. The van der Waals surface area contributed by atoms with Crippen molar-refractivity contribution in [3.05, 3.63) is 40.4 Å². The van der Waals surface area contributed by atoms with E-state index in [0.717, 1.165) is 0 Å². The Morgan fingerprint density at radius 2 is 2.03 bits per heavy atom. The van der Waals surface area contributed by atoms with Crippen molar-refractivity contribution in [1.29, 1.82) is 0 Å². The van der Waals surface area contributed by atoms with Gasteiger partial charge in [-0.1, -0.05) is 19.1 Å². The standard InChI is InChI=1S/C19H20N4O5S/c1-3-13-15(18(27)28-2)23-19(29-13)22-14(24)9-8-12-17(26)20-11-7-5-4-6-10(11)16(25)21-12/h4-7,12H,3,8-9H2,1-2H3,(H,20,26)(H,21,25)(H,22,23,24). The largest absolute Gasteiger partial charge is 0.464 e. The van der Waals surface area contributed by atoms with E-state index in [1.165, 1.54) is 18.4 Å². The van der Waals surface area contributed by atoms with Gasteiger partial charge in [0.25, 0.3) is 5.91 Å². The average molecular weight is 416 g/mol. The van der Waals surface area contributed by atoms with Gasteiger partial charge in [0.15, 0.2) is 10.8 Å². The summed E-state index contributed by atoms with van der Waals surface area (Å²) < 4.78 is 4.69. The minimum Gasteiger partial charge on any atom is -0.464 e. The molecule has 0 aliphatic carbocycles. The van der Waals surface area contributed by atoms with Crippen LogP contribution >= 0.6 is 11.3 Å². The number of nitrogens with one attached hydrogen (secondary N) is 3. The molecule has 1 unspecified atom stereocenters. The van der Waals surface area contributed by atoms with Crippen LogP contribution in [-0.4, -0.2) is 41.8 Å². The van der Waals surface area contributed by atoms with Crippen LogP contribution in [0.4, 0.5) is 10.8 Å². The molecule has 1 aliphatic rings. The molecular weight excluding hydrogens is 396 g/mol. The second-order valence-corrected chi connectivity index (χ2v) is 7.37. The maximum Gasteiger partial charge on any atom is 0.357 e. The lowest BCUT2D eigenvalue weighted by molar-refractivity contribution is -0.118. The molecule has 2 heterocycles. The molecule has 0 saturated carbocycles. The molecule has 1 atom stereocenters. The molecular formula is C19H20N4O5S. The fourth-order valence-corrected chi connectivity index (χ4v) is 3.78. The summed E-state index contributed by atoms with van der Waals surface area (Å²) in [5, 5.41) is 8.26. The monoisotopic (exact) mass is 416 g/mol. The van der Waals surface area contributed by atoms with E-state index < -0.39 is 12.0 Å². The second kappa shape index (κ2) is 8.82. The molecule has 3 rings (SSSR count). The van der Waals surface area contributed by atoms with Crippen LogP contribution < -0.4 is 16.0 Å². The van der Waals surface area contributed by atoms with Crippen molar-refractivity contribution < 1.29 is 23.9 Å². The van der Waals surface area contributed by atoms with Crippen molar-refractivity contribution in [3.8, 4) is 0 Å². The zero-order valence-electron chi connectivity index (χ0n) is 15.9. The van der Waals surface area contributed by atoms with Crippen LogP contribution in [-0.2, 0) is 20.7 Å². The number of nitrogens with zero attached hydrogens (tertiary/aromatic N) is 1. The third kappa shape index (κ3) is 4.60. The Bertz CT molecular complexity index is 971. The van der Waals surface area contributed by atoms with Crippen molar-refractivity contribution in [2.75, 3.05) is 17.7 Å². The van der Waals surface area contributed by atoms with Gasteiger partial charge in [0.05, 0.1) is 18.4 Å². The molecule has 3 amide bonds. The van der Waals surface area contributed by atoms with Gasteiger partial charge in [-0.3, -0.25) is 14.4 Å². The molecule has 0 saturated heterocycles. The maximum atomic E-state index is 12.4. The number of hydrogen-bond donors (Lipinski definition) is 3. The third-order valence-electron chi connectivity index (χ3n) is 4.36. The molecule has 9 nitrogen and oxygen atoms in total. The van der Waals surface area contributed by atoms with Crippen molar-refractivity contribution in [1.82, 2.24) is 10.3 Å². The summed E-state index contributed by atoms with van der Waals surface area (Å²) in [5.74, 6) is -1.69. The molecule has 1 aromatic heterocycles. The van der Waals surface area contributed by atoms with Gasteiger partial charge in [-0.25, -0.2) is 9.78 Å². The number of aryl methyl sites for hydroxylation is 1. The normalized spacial score (nSPS) is 15.6. The minimum atomic E-state index is -0.839. The number of para-hydroxylation sites is 1. The zero-order valence-corrected chi connectivity index (χ0v) is 16.7. The molecule has 2 aromatic rings. The molecule has 10 heteroatoms. The molecule has 0 fully saturated rings. The lowest BCUT2D eigenvalue weighted by atomic mass is 10.1. The van der Waals surface area contributed by atoms with Crippen LogP contribution in [0.25, 0.3) is 0 Å². The van der Waals surface area contributed by atoms with Gasteiger partial charge in [0.2, 0.25) is 11.8 Å². The van der Waals surface area contributed by atoms with E-state index in [0.29, 0.717) is 22.5 Å². The molecule has 3 N–H and O–H groups in total. The fraction of sp³-hybridized carbons (Fsp3) is 0.316. The Morgan fingerprint density at radius 3 is 2.76 bits per heavy atom. The van der Waals surface area contributed by atoms with E-state index in [1.54, 1.807) is 24.3 Å². The predicted molar refractivity (Wildman–Crippen MR) is 107 cm³/mol. The number of fused-ring (bicyclic) bond motifs is 1. The third-order valence-corrected chi connectivity index (χ3v) is 5.47. The molecule has 0 bridgehead atoms. The Hall–Kier alpha value is -3.27. The summed E-state index contributed by atoms with van der Waals surface area (Å²) in [7, 11) is 1.27. The van der Waals surface area contributed by atoms with E-state index in [-0.39, 0.29) is 41.4 Å². The Kier molecular flexibility index (Phi) is 6.23. The topological polar surface area (TPSA) is 126 Å². The number of thiazole rings is 1. The van der Waals surface area contributed by atoms with E-state index in [9.17, 15) is 19.2 Å². The van der Waals surface area contributed by atoms with Crippen molar-refractivity contribution >= 4 is 45.8 Å². The van der Waals surface area contributed by atoms with Crippen LogP contribution in [0.5, 0.6) is 0 Å². The number of benzene rings is 1. The molecule has 29 heavy (non-hydrogen) atoms. The molecule has 1 aliphatic heterocycles. The summed E-state index contributed by atoms with van der Waals surface area (Å²) in [6.07, 6.45) is 0.684. The van der Waals surface area contributed by atoms with Crippen LogP contribution in [0.15, 0.2) is 24.3 Å². The van der Waals surface area contributed by atoms with Gasteiger partial charge in [-0.2, -0.15) is 0 Å². The van der Waals surface area contributed by atoms with Crippen LogP contribution in [0.3, 0.4) is 0 Å². The number of anilines is 2. The number of hydrogen-bond acceptors (Lipinski definition) is 7. The van der Waals surface area contributed by atoms with E-state index >= 15 is 0 Å². The van der Waals surface area contributed by atoms with E-state index in [2.05, 4.69) is 20.9 Å². The summed E-state index contributed by atoms with van der Waals surface area (Å²) >= 11 is 1.20. The first-order chi connectivity index (χ1) is 13.9. The first-order valence-electron chi connectivity index (χ1n) is 9.01. The van der Waals surface area contributed by atoms with Crippen molar-refractivity contribution in [3.63, 3.8) is 0 Å². The first kappa shape index (κ1) is 20.5. The number of aromatic nitrogens is 1. The summed E-state index contributed by atoms with van der Waals surface area (Å²) in [6, 6.07) is 5.86. The summed E-state index contributed by atoms with van der Waals surface area (Å²) in [6.45, 7) is 1.87. The average Bonchev–Trinajstić information content (AvgIpc) is 3.07. The minimum absolute atomic E-state index is 0.0106. The number of methoxy groups -OCH3 is 1. The Balaban J connectivity index is 1.61. The second-order valence-electron chi connectivity index (χ2n) is 6.28. The number of esters is 1. The highest BCUT2D eigenvalue weighted by Crippen LogP contribution is 2.25. The van der Waals surface area contributed by atoms with E-state index in [1.807, 2.05) is 6.92 Å². The van der Waals surface area contributed by atoms with Crippen LogP contribution in [0.2, 0.25) is 0 Å². The smallest absolute Gasteiger partial charge is 0.357 e. The van der Waals surface area contributed by atoms with Gasteiger partial charge < -0.3 is 20.7 Å². The lowest BCUT2D eigenvalue weighted by Crippen LogP contribution is -2.41. The summed E-state index contributed by atoms with van der Waals surface area (Å²) in [5.41, 5.74) is 0.994. The van der Waals surface area contributed by atoms with Gasteiger partial charge in [0.1, 0.15) is 6.04 Å². The van der Waals surface area contributed by atoms with Gasteiger partial charge >= 0.3 is 5.97 Å². The van der Waals surface area contributed by atoms with E-state index in [4.69, 9.17) is 4.74 Å². The van der Waals surface area contributed by atoms with Crippen molar-refractivity contribution in [2.45, 2.75) is 32.2 Å². The van der Waals surface area contributed by atoms with Crippen molar-refractivity contribution in [2.24, 2.45) is 0 Å². The number of rotatable bonds is 6. The summed E-state index contributed by atoms with van der Waals surface area (Å²) in [4.78, 5) is 53.5. The number of carbonyl (C=O) groups excluding carboxylic acids is 4. The fourth-order valence-electron chi connectivity index (χ4n) is 2.87. The number of amides is 3. The highest BCUT2D eigenvalue weighted by Gasteiger charge is 2.28. The van der Waals surface area contributed by atoms with Gasteiger partial charge in [0, 0.05) is 11.3 Å². The highest BCUT2D eigenvalue weighted by atomic mass is 32.1. The maximum absolute atomic E-state index is 12.4. The molecule has 1 aromatic carbocycles. The lowest BCUT2D eigenvalue weighted by Gasteiger charge is -2.13. The highest BCUT2D eigenvalue weighted by molar-refractivity contribution is 7.16. The van der Waals surface area contributed by atoms with Crippen LogP contribution in [0.1, 0.15) is 45.5 Å². The molecule has 152 valence electrons. The molecule has 0 spiro atoms. The number of carbonyl (C=O) groups is 4. The van der Waals surface area contributed by atoms with Crippen LogP contribution in [0, 0.1) is 0 Å².